The van der Waals surface area contributed by atoms with E-state index in [1.165, 1.54) is 0 Å². The Bertz CT molecular complexity index is 947. The molecule has 7 heteroatoms. The molecule has 1 aromatic carbocycles. The lowest BCUT2D eigenvalue weighted by Crippen LogP contribution is -2.52. The average molecular weight is 437 g/mol. The number of pyridine rings is 1. The molecule has 2 aromatic rings. The van der Waals surface area contributed by atoms with Crippen molar-refractivity contribution in [3.05, 3.63) is 54.4 Å². The van der Waals surface area contributed by atoms with Crippen LogP contribution in [0.3, 0.4) is 0 Å². The quantitative estimate of drug-likeness (QED) is 0.689. The monoisotopic (exact) mass is 436 g/mol. The number of ether oxygens (including phenoxy) is 1. The minimum atomic E-state index is -0.844. The fourth-order valence-electron chi connectivity index (χ4n) is 4.28. The van der Waals surface area contributed by atoms with Gasteiger partial charge in [-0.2, -0.15) is 0 Å². The first-order valence-electron chi connectivity index (χ1n) is 11.3. The molecular formula is C25H32N4O3. The van der Waals surface area contributed by atoms with Crippen LogP contribution in [-0.4, -0.2) is 53.5 Å². The van der Waals surface area contributed by atoms with E-state index in [9.17, 15) is 9.59 Å². The van der Waals surface area contributed by atoms with Crippen LogP contribution in [0.2, 0.25) is 0 Å². The maximum atomic E-state index is 13.2. The van der Waals surface area contributed by atoms with Gasteiger partial charge in [0.25, 0.3) is 0 Å². The number of nitrogens with zero attached hydrogens (tertiary/aromatic N) is 2. The van der Waals surface area contributed by atoms with Gasteiger partial charge in [0.05, 0.1) is 0 Å². The lowest BCUT2D eigenvalue weighted by atomic mass is 9.76. The summed E-state index contributed by atoms with van der Waals surface area (Å²) < 4.78 is 6.27. The maximum absolute atomic E-state index is 13.2. The largest absolute Gasteiger partial charge is 0.478 e. The Hall–Kier alpha value is -2.93. The van der Waals surface area contributed by atoms with E-state index in [-0.39, 0.29) is 11.8 Å². The van der Waals surface area contributed by atoms with E-state index >= 15 is 0 Å². The van der Waals surface area contributed by atoms with Crippen LogP contribution in [-0.2, 0) is 4.79 Å². The van der Waals surface area contributed by atoms with Crippen LogP contribution >= 0.6 is 0 Å². The van der Waals surface area contributed by atoms with Gasteiger partial charge >= 0.3 is 6.03 Å². The van der Waals surface area contributed by atoms with Crippen LogP contribution in [0.15, 0.2) is 48.8 Å². The van der Waals surface area contributed by atoms with Gasteiger partial charge < -0.3 is 20.3 Å². The summed E-state index contributed by atoms with van der Waals surface area (Å²) in [7, 11) is 0. The molecule has 2 N–H and O–H groups in total. The number of rotatable bonds is 7. The van der Waals surface area contributed by atoms with Crippen molar-refractivity contribution >= 4 is 17.5 Å². The number of aromatic nitrogens is 1. The molecule has 4 rings (SSSR count). The number of carbonyl (C=O) groups excluding carboxylic acids is 2. The van der Waals surface area contributed by atoms with E-state index in [1.807, 2.05) is 63.4 Å². The van der Waals surface area contributed by atoms with Crippen molar-refractivity contribution in [1.82, 2.24) is 15.2 Å². The van der Waals surface area contributed by atoms with Gasteiger partial charge in [-0.05, 0) is 48.9 Å². The summed E-state index contributed by atoms with van der Waals surface area (Å²) in [6, 6.07) is 11.1. The summed E-state index contributed by atoms with van der Waals surface area (Å²) in [6.45, 7) is 8.63. The molecule has 2 aliphatic rings. The Kier molecular flexibility index (Phi) is 6.20. The number of benzene rings is 1. The molecule has 0 bridgehead atoms. The number of carbonyl (C=O) groups is 2. The van der Waals surface area contributed by atoms with Crippen LogP contribution < -0.4 is 15.4 Å². The predicted molar refractivity (Wildman–Crippen MR) is 124 cm³/mol. The smallest absolute Gasteiger partial charge is 0.321 e. The Labute approximate surface area is 189 Å². The molecule has 0 aliphatic carbocycles. The number of Topliss-reactive ketones (excluding diaryl/α,β-unsaturated/α-hetero) is 1. The molecule has 1 atom stereocenters. The third kappa shape index (κ3) is 4.48. The van der Waals surface area contributed by atoms with Crippen molar-refractivity contribution in [2.45, 2.75) is 45.1 Å². The second-order valence-electron chi connectivity index (χ2n) is 9.43. The predicted octanol–water partition coefficient (Wildman–Crippen LogP) is 3.83. The third-order valence-electron chi connectivity index (χ3n) is 6.77. The molecule has 2 aliphatic heterocycles. The Morgan fingerprint density at radius 2 is 2.00 bits per heavy atom. The standard InChI is InChI=1S/C25H32N4O3/c1-4-24(2,3)22(30)25(11-13-27-17-25)32-21-9-7-20(8-10-21)28-23(31)29-15-19(16-29)18-6-5-12-26-14-18/h5-10,12,14,19,27H,4,11,13,15-17H2,1-3H3,(H,28,31)/t25-/m1/s1. The van der Waals surface area contributed by atoms with E-state index in [1.54, 1.807) is 11.1 Å². The van der Waals surface area contributed by atoms with Crippen molar-refractivity contribution in [3.8, 4) is 5.75 Å². The minimum absolute atomic E-state index is 0.116. The first kappa shape index (κ1) is 22.3. The Morgan fingerprint density at radius 3 is 2.59 bits per heavy atom. The Balaban J connectivity index is 1.35. The number of hydrogen-bond acceptors (Lipinski definition) is 5. The molecule has 3 heterocycles. The normalized spacial score (nSPS) is 21.2. The van der Waals surface area contributed by atoms with E-state index in [0.717, 1.165) is 18.5 Å². The van der Waals surface area contributed by atoms with Gasteiger partial charge in [0.15, 0.2) is 11.4 Å². The SMILES string of the molecule is CCC(C)(C)C(=O)[C@@]1(Oc2ccc(NC(=O)N3CC(c4cccnc4)C3)cc2)CCNC1. The first-order chi connectivity index (χ1) is 15.3. The number of likely N-dealkylation sites (tertiary alicyclic amines) is 1. The highest BCUT2D eigenvalue weighted by atomic mass is 16.5. The second kappa shape index (κ2) is 8.90. The zero-order valence-electron chi connectivity index (χ0n) is 19.1. The average Bonchev–Trinajstić information content (AvgIpc) is 3.24. The number of urea groups is 1. The molecule has 2 amide bonds. The van der Waals surface area contributed by atoms with Crippen molar-refractivity contribution in [2.75, 3.05) is 31.5 Å². The van der Waals surface area contributed by atoms with Crippen LogP contribution in [0.4, 0.5) is 10.5 Å². The summed E-state index contributed by atoms with van der Waals surface area (Å²) in [5, 5.41) is 6.22. The van der Waals surface area contributed by atoms with E-state index in [0.29, 0.717) is 43.4 Å². The zero-order chi connectivity index (χ0) is 22.8. The van der Waals surface area contributed by atoms with E-state index < -0.39 is 11.0 Å². The molecule has 0 saturated carbocycles. The number of anilines is 1. The second-order valence-corrected chi connectivity index (χ2v) is 9.43. The fourth-order valence-corrected chi connectivity index (χ4v) is 4.28. The molecule has 7 nitrogen and oxygen atoms in total. The molecular weight excluding hydrogens is 404 g/mol. The fraction of sp³-hybridized carbons (Fsp3) is 0.480. The molecule has 0 spiro atoms. The lowest BCUT2D eigenvalue weighted by Gasteiger charge is -2.39. The number of nitrogens with one attached hydrogen (secondary N) is 2. The van der Waals surface area contributed by atoms with Crippen LogP contribution in [0.5, 0.6) is 5.75 Å². The van der Waals surface area contributed by atoms with Gasteiger partial charge in [-0.25, -0.2) is 4.79 Å². The molecule has 32 heavy (non-hydrogen) atoms. The van der Waals surface area contributed by atoms with Crippen LogP contribution in [0, 0.1) is 5.41 Å². The lowest BCUT2D eigenvalue weighted by molar-refractivity contribution is -0.142. The first-order valence-corrected chi connectivity index (χ1v) is 11.3. The Morgan fingerprint density at radius 1 is 1.25 bits per heavy atom. The highest BCUT2D eigenvalue weighted by Gasteiger charge is 2.49. The maximum Gasteiger partial charge on any atom is 0.321 e. The van der Waals surface area contributed by atoms with Crippen molar-refractivity contribution in [1.29, 1.82) is 0 Å². The van der Waals surface area contributed by atoms with Gasteiger partial charge in [0, 0.05) is 55.5 Å². The highest BCUT2D eigenvalue weighted by Crippen LogP contribution is 2.35. The molecule has 0 radical (unpaired) electrons. The summed E-state index contributed by atoms with van der Waals surface area (Å²) in [4.78, 5) is 31.7. The van der Waals surface area contributed by atoms with E-state index in [4.69, 9.17) is 4.74 Å². The summed E-state index contributed by atoms with van der Waals surface area (Å²) >= 11 is 0. The third-order valence-corrected chi connectivity index (χ3v) is 6.77. The van der Waals surface area contributed by atoms with Gasteiger partial charge in [-0.1, -0.05) is 26.8 Å². The van der Waals surface area contributed by atoms with Crippen molar-refractivity contribution in [3.63, 3.8) is 0 Å². The molecule has 170 valence electrons. The van der Waals surface area contributed by atoms with Crippen LogP contribution in [0.1, 0.15) is 45.1 Å². The molecule has 1 aromatic heterocycles. The van der Waals surface area contributed by atoms with Gasteiger partial charge in [0.2, 0.25) is 0 Å². The number of hydrogen-bond donors (Lipinski definition) is 2. The van der Waals surface area contributed by atoms with Crippen molar-refractivity contribution < 1.29 is 14.3 Å². The summed E-state index contributed by atoms with van der Waals surface area (Å²) in [5.74, 6) is 1.11. The van der Waals surface area contributed by atoms with Crippen molar-refractivity contribution in [2.24, 2.45) is 5.41 Å². The summed E-state index contributed by atoms with van der Waals surface area (Å²) in [6.07, 6.45) is 5.03. The van der Waals surface area contributed by atoms with E-state index in [2.05, 4.69) is 15.6 Å². The topological polar surface area (TPSA) is 83.6 Å². The minimum Gasteiger partial charge on any atom is -0.478 e. The van der Waals surface area contributed by atoms with Crippen LogP contribution in [0.25, 0.3) is 0 Å². The molecule has 2 saturated heterocycles. The number of ketones is 1. The summed E-state index contributed by atoms with van der Waals surface area (Å²) in [5.41, 5.74) is 0.578. The van der Waals surface area contributed by atoms with Gasteiger partial charge in [-0.15, -0.1) is 0 Å². The molecule has 0 unspecified atom stereocenters. The highest BCUT2D eigenvalue weighted by molar-refractivity contribution is 5.93. The molecule has 2 fully saturated rings. The number of amides is 2. The van der Waals surface area contributed by atoms with Gasteiger partial charge in [0.1, 0.15) is 5.75 Å². The zero-order valence-corrected chi connectivity index (χ0v) is 19.1. The van der Waals surface area contributed by atoms with Gasteiger partial charge in [-0.3, -0.25) is 9.78 Å².